The molecule has 0 unspecified atom stereocenters. The van der Waals surface area contributed by atoms with Crippen molar-refractivity contribution in [1.82, 2.24) is 0 Å². The highest BCUT2D eigenvalue weighted by atomic mass is 16.7. The van der Waals surface area contributed by atoms with E-state index in [2.05, 4.69) is 9.47 Å². The summed E-state index contributed by atoms with van der Waals surface area (Å²) in [5.41, 5.74) is 0. The Morgan fingerprint density at radius 2 is 1.91 bits per heavy atom. The molecule has 0 radical (unpaired) electrons. The van der Waals surface area contributed by atoms with E-state index in [9.17, 15) is 4.79 Å². The summed E-state index contributed by atoms with van der Waals surface area (Å²) in [5, 5.41) is 0. The molecule has 0 aliphatic carbocycles. The van der Waals surface area contributed by atoms with Gasteiger partial charge in [-0.1, -0.05) is 6.92 Å². The maximum absolute atomic E-state index is 10.9. The third kappa shape index (κ3) is 3.95. The summed E-state index contributed by atoms with van der Waals surface area (Å²) in [5.74, 6) is -0.475. The van der Waals surface area contributed by atoms with E-state index >= 15 is 0 Å². The average molecular weight is 162 g/mol. The van der Waals surface area contributed by atoms with Crippen LogP contribution in [-0.4, -0.2) is 33.1 Å². The molecule has 0 fully saturated rings. The second kappa shape index (κ2) is 6.12. The van der Waals surface area contributed by atoms with Crippen LogP contribution in [0.2, 0.25) is 0 Å². The van der Waals surface area contributed by atoms with Crippen LogP contribution in [0.3, 0.4) is 0 Å². The molecule has 4 heteroatoms. The minimum Gasteiger partial charge on any atom is -0.462 e. The number of hydrogen-bond donors (Lipinski definition) is 0. The standard InChI is InChI=1S/C7H14O4/c1-4-5-11-6(8)7(9-2)10-3/h7H,4-5H2,1-3H3. The Balaban J connectivity index is 3.61. The third-order valence-electron chi connectivity index (χ3n) is 1.07. The number of hydrogen-bond acceptors (Lipinski definition) is 4. The monoisotopic (exact) mass is 162 g/mol. The molecule has 0 aliphatic rings. The minimum atomic E-state index is -0.887. The van der Waals surface area contributed by atoms with Crippen molar-refractivity contribution in [1.29, 1.82) is 0 Å². The van der Waals surface area contributed by atoms with Crippen LogP contribution in [0.25, 0.3) is 0 Å². The Morgan fingerprint density at radius 1 is 1.36 bits per heavy atom. The Hall–Kier alpha value is -0.610. The molecule has 0 spiro atoms. The number of carbonyl (C=O) groups is 1. The number of carbonyl (C=O) groups excluding carboxylic acids is 1. The molecule has 0 amide bonds. The summed E-state index contributed by atoms with van der Waals surface area (Å²) in [6.07, 6.45) is -0.0899. The third-order valence-corrected chi connectivity index (χ3v) is 1.07. The van der Waals surface area contributed by atoms with Gasteiger partial charge >= 0.3 is 5.97 Å². The van der Waals surface area contributed by atoms with Crippen molar-refractivity contribution in [2.24, 2.45) is 0 Å². The molecule has 66 valence electrons. The lowest BCUT2D eigenvalue weighted by Gasteiger charge is -2.11. The highest BCUT2D eigenvalue weighted by Gasteiger charge is 2.17. The first-order valence-corrected chi connectivity index (χ1v) is 3.48. The van der Waals surface area contributed by atoms with E-state index in [1.54, 1.807) is 0 Å². The van der Waals surface area contributed by atoms with E-state index in [1.807, 2.05) is 6.92 Å². The molecule has 0 aromatic rings. The van der Waals surface area contributed by atoms with Crippen LogP contribution in [0, 0.1) is 0 Å². The maximum atomic E-state index is 10.9. The van der Waals surface area contributed by atoms with E-state index in [0.29, 0.717) is 6.61 Å². The van der Waals surface area contributed by atoms with E-state index in [0.717, 1.165) is 6.42 Å². The van der Waals surface area contributed by atoms with Crippen LogP contribution >= 0.6 is 0 Å². The molecule has 0 aromatic carbocycles. The highest BCUT2D eigenvalue weighted by molar-refractivity contribution is 5.73. The van der Waals surface area contributed by atoms with Crippen molar-refractivity contribution in [2.45, 2.75) is 19.6 Å². The molecule has 0 saturated heterocycles. The molecule has 11 heavy (non-hydrogen) atoms. The molecule has 0 atom stereocenters. The van der Waals surface area contributed by atoms with Gasteiger partial charge in [-0.25, -0.2) is 4.79 Å². The second-order valence-electron chi connectivity index (χ2n) is 1.97. The second-order valence-corrected chi connectivity index (χ2v) is 1.97. The quantitative estimate of drug-likeness (QED) is 0.437. The van der Waals surface area contributed by atoms with Gasteiger partial charge < -0.3 is 14.2 Å². The molecular formula is C7H14O4. The van der Waals surface area contributed by atoms with Gasteiger partial charge in [0.1, 0.15) is 0 Å². The fourth-order valence-electron chi connectivity index (χ4n) is 0.559. The zero-order valence-corrected chi connectivity index (χ0v) is 7.12. The normalized spacial score (nSPS) is 10.2. The first-order chi connectivity index (χ1) is 5.26. The van der Waals surface area contributed by atoms with Crippen LogP contribution in [0.5, 0.6) is 0 Å². The first kappa shape index (κ1) is 10.4. The van der Waals surface area contributed by atoms with Crippen LogP contribution in [0.1, 0.15) is 13.3 Å². The Bertz CT molecular complexity index is 109. The van der Waals surface area contributed by atoms with Gasteiger partial charge in [0, 0.05) is 14.2 Å². The Labute approximate surface area is 66.4 Å². The zero-order valence-electron chi connectivity index (χ0n) is 7.12. The van der Waals surface area contributed by atoms with Gasteiger partial charge in [0.15, 0.2) is 0 Å². The van der Waals surface area contributed by atoms with Crippen LogP contribution < -0.4 is 0 Å². The molecule has 0 heterocycles. The van der Waals surface area contributed by atoms with Crippen molar-refractivity contribution in [2.75, 3.05) is 20.8 Å². The van der Waals surface area contributed by atoms with Gasteiger partial charge in [0.05, 0.1) is 6.61 Å². The van der Waals surface area contributed by atoms with Crippen LogP contribution in [0.15, 0.2) is 0 Å². The fourth-order valence-corrected chi connectivity index (χ4v) is 0.559. The van der Waals surface area contributed by atoms with Crippen molar-refractivity contribution >= 4 is 5.97 Å². The summed E-state index contributed by atoms with van der Waals surface area (Å²) >= 11 is 0. The van der Waals surface area contributed by atoms with E-state index < -0.39 is 12.3 Å². The summed E-state index contributed by atoms with van der Waals surface area (Å²) < 4.78 is 14.1. The van der Waals surface area contributed by atoms with Gasteiger partial charge in [-0.05, 0) is 6.42 Å². The van der Waals surface area contributed by atoms with E-state index in [1.165, 1.54) is 14.2 Å². The van der Waals surface area contributed by atoms with Gasteiger partial charge in [-0.2, -0.15) is 0 Å². The first-order valence-electron chi connectivity index (χ1n) is 3.48. The van der Waals surface area contributed by atoms with Crippen molar-refractivity contribution in [3.8, 4) is 0 Å². The van der Waals surface area contributed by atoms with Gasteiger partial charge in [-0.15, -0.1) is 0 Å². The lowest BCUT2D eigenvalue weighted by molar-refractivity contribution is -0.183. The SMILES string of the molecule is CCCOC(=O)C(OC)OC. The summed E-state index contributed by atoms with van der Waals surface area (Å²) in [4.78, 5) is 10.9. The van der Waals surface area contributed by atoms with Gasteiger partial charge in [-0.3, -0.25) is 0 Å². The topological polar surface area (TPSA) is 44.8 Å². The molecular weight excluding hydrogens is 148 g/mol. The number of methoxy groups -OCH3 is 2. The number of rotatable bonds is 5. The molecule has 0 aromatic heterocycles. The molecule has 4 nitrogen and oxygen atoms in total. The molecule has 0 rings (SSSR count). The van der Waals surface area contributed by atoms with E-state index in [-0.39, 0.29) is 0 Å². The summed E-state index contributed by atoms with van der Waals surface area (Å²) in [6, 6.07) is 0. The molecule has 0 N–H and O–H groups in total. The van der Waals surface area contributed by atoms with Crippen molar-refractivity contribution in [3.05, 3.63) is 0 Å². The zero-order chi connectivity index (χ0) is 8.69. The smallest absolute Gasteiger partial charge is 0.363 e. The van der Waals surface area contributed by atoms with Gasteiger partial charge in [0.25, 0.3) is 6.29 Å². The summed E-state index contributed by atoms with van der Waals surface area (Å²) in [6.45, 7) is 2.32. The molecule has 0 aliphatic heterocycles. The predicted molar refractivity (Wildman–Crippen MR) is 39.1 cm³/mol. The average Bonchev–Trinajstić information content (AvgIpc) is 2.03. The lowest BCUT2D eigenvalue weighted by atomic mass is 10.5. The fraction of sp³-hybridized carbons (Fsp3) is 0.857. The van der Waals surface area contributed by atoms with Crippen molar-refractivity contribution < 1.29 is 19.0 Å². The van der Waals surface area contributed by atoms with E-state index in [4.69, 9.17) is 4.74 Å². The Kier molecular flexibility index (Phi) is 5.78. The largest absolute Gasteiger partial charge is 0.462 e. The molecule has 0 saturated carbocycles. The lowest BCUT2D eigenvalue weighted by Crippen LogP contribution is -2.27. The maximum Gasteiger partial charge on any atom is 0.363 e. The number of esters is 1. The van der Waals surface area contributed by atoms with Crippen molar-refractivity contribution in [3.63, 3.8) is 0 Å². The van der Waals surface area contributed by atoms with Gasteiger partial charge in [0.2, 0.25) is 0 Å². The summed E-state index contributed by atoms with van der Waals surface area (Å²) in [7, 11) is 2.78. The molecule has 0 bridgehead atoms. The van der Waals surface area contributed by atoms with Crippen LogP contribution in [0.4, 0.5) is 0 Å². The highest BCUT2D eigenvalue weighted by Crippen LogP contribution is 1.94. The van der Waals surface area contributed by atoms with Crippen LogP contribution in [-0.2, 0) is 19.0 Å². The number of ether oxygens (including phenoxy) is 3. The predicted octanol–water partition coefficient (Wildman–Crippen LogP) is 0.558. The minimum absolute atomic E-state index is 0.405. The Morgan fingerprint density at radius 3 is 2.27 bits per heavy atom.